The van der Waals surface area contributed by atoms with E-state index in [0.29, 0.717) is 28.2 Å². The Morgan fingerprint density at radius 1 is 1.08 bits per heavy atom. The summed E-state index contributed by atoms with van der Waals surface area (Å²) < 4.78 is 17.5. The van der Waals surface area contributed by atoms with Gasteiger partial charge in [-0.05, 0) is 50.3 Å². The molecule has 0 saturated heterocycles. The highest BCUT2D eigenvalue weighted by molar-refractivity contribution is 5.90. The van der Waals surface area contributed by atoms with Crippen LogP contribution in [-0.2, 0) is 0 Å². The van der Waals surface area contributed by atoms with E-state index in [1.165, 1.54) is 6.07 Å². The van der Waals surface area contributed by atoms with E-state index >= 15 is 0 Å². The number of benzene rings is 2. The first-order chi connectivity index (χ1) is 12.0. The van der Waals surface area contributed by atoms with Crippen LogP contribution in [-0.4, -0.2) is 12.7 Å². The van der Waals surface area contributed by atoms with Gasteiger partial charge in [0, 0.05) is 6.07 Å². The fraction of sp³-hybridized carbons (Fsp3) is 0.190. The van der Waals surface area contributed by atoms with Crippen LogP contribution in [0.4, 0.5) is 0 Å². The van der Waals surface area contributed by atoms with E-state index in [1.807, 2.05) is 56.3 Å². The van der Waals surface area contributed by atoms with Gasteiger partial charge < -0.3 is 13.9 Å². The largest absolute Gasteiger partial charge is 0.496 e. The van der Waals surface area contributed by atoms with Crippen LogP contribution in [0.25, 0.3) is 28.4 Å². The number of hydrogen-bond acceptors (Lipinski definition) is 4. The van der Waals surface area contributed by atoms with Crippen molar-refractivity contribution in [3.05, 3.63) is 64.3 Å². The summed E-state index contributed by atoms with van der Waals surface area (Å²) in [6.07, 6.45) is 3.92. The molecule has 0 spiro atoms. The Kier molecular flexibility index (Phi) is 3.42. The van der Waals surface area contributed by atoms with Gasteiger partial charge in [-0.1, -0.05) is 12.1 Å². The maximum absolute atomic E-state index is 12.6. The van der Waals surface area contributed by atoms with Crippen LogP contribution in [0, 0.1) is 0 Å². The second-order valence-electron chi connectivity index (χ2n) is 6.57. The summed E-state index contributed by atoms with van der Waals surface area (Å²) in [6, 6.07) is 12.5. The Labute approximate surface area is 145 Å². The summed E-state index contributed by atoms with van der Waals surface area (Å²) in [5, 5.41) is 0.533. The van der Waals surface area contributed by atoms with Gasteiger partial charge in [0.1, 0.15) is 28.4 Å². The van der Waals surface area contributed by atoms with E-state index in [2.05, 4.69) is 0 Å². The van der Waals surface area contributed by atoms with Gasteiger partial charge in [-0.2, -0.15) is 0 Å². The highest BCUT2D eigenvalue weighted by Gasteiger charge is 2.24. The average molecular weight is 334 g/mol. The summed E-state index contributed by atoms with van der Waals surface area (Å²) in [4.78, 5) is 12.6. The Morgan fingerprint density at radius 2 is 1.88 bits per heavy atom. The molecule has 0 unspecified atom stereocenters. The molecule has 126 valence electrons. The minimum absolute atomic E-state index is 0.0943. The second kappa shape index (κ2) is 5.52. The quantitative estimate of drug-likeness (QED) is 0.684. The minimum atomic E-state index is -0.388. The molecule has 0 amide bonds. The molecular formula is C21H18O4. The van der Waals surface area contributed by atoms with Crippen LogP contribution in [0.5, 0.6) is 11.5 Å². The second-order valence-corrected chi connectivity index (χ2v) is 6.57. The Hall–Kier alpha value is -3.01. The monoisotopic (exact) mass is 334 g/mol. The Balaban J connectivity index is 2.00. The van der Waals surface area contributed by atoms with Gasteiger partial charge in [-0.15, -0.1) is 0 Å². The highest BCUT2D eigenvalue weighted by atomic mass is 16.5. The van der Waals surface area contributed by atoms with E-state index in [1.54, 1.807) is 13.2 Å². The number of fused-ring (bicyclic) bond motifs is 3. The molecule has 2 aromatic carbocycles. The van der Waals surface area contributed by atoms with Gasteiger partial charge in [0.2, 0.25) is 0 Å². The first-order valence-electron chi connectivity index (χ1n) is 8.11. The molecule has 0 atom stereocenters. The van der Waals surface area contributed by atoms with Gasteiger partial charge in [0.15, 0.2) is 5.43 Å². The van der Waals surface area contributed by atoms with E-state index in [-0.39, 0.29) is 11.0 Å². The van der Waals surface area contributed by atoms with Crippen molar-refractivity contribution < 1.29 is 13.9 Å². The van der Waals surface area contributed by atoms with Crippen molar-refractivity contribution in [1.29, 1.82) is 0 Å². The van der Waals surface area contributed by atoms with Crippen molar-refractivity contribution in [3.8, 4) is 22.8 Å². The molecule has 0 aliphatic carbocycles. The maximum Gasteiger partial charge on any atom is 0.193 e. The molecular weight excluding hydrogens is 316 g/mol. The van der Waals surface area contributed by atoms with Gasteiger partial charge in [0.05, 0.1) is 23.6 Å². The smallest absolute Gasteiger partial charge is 0.193 e. The lowest BCUT2D eigenvalue weighted by Crippen LogP contribution is -2.27. The van der Waals surface area contributed by atoms with Crippen LogP contribution >= 0.6 is 0 Å². The third-order valence-electron chi connectivity index (χ3n) is 4.29. The molecule has 1 aromatic heterocycles. The molecule has 1 aliphatic rings. The third kappa shape index (κ3) is 2.60. The molecule has 25 heavy (non-hydrogen) atoms. The van der Waals surface area contributed by atoms with Crippen LogP contribution < -0.4 is 14.9 Å². The molecule has 4 nitrogen and oxygen atoms in total. The fourth-order valence-corrected chi connectivity index (χ4v) is 3.05. The topological polar surface area (TPSA) is 48.7 Å². The van der Waals surface area contributed by atoms with Crippen molar-refractivity contribution in [1.82, 2.24) is 0 Å². The van der Waals surface area contributed by atoms with E-state index in [4.69, 9.17) is 13.9 Å². The molecule has 2 heterocycles. The van der Waals surface area contributed by atoms with Gasteiger partial charge in [0.25, 0.3) is 0 Å². The molecule has 1 aliphatic heterocycles. The van der Waals surface area contributed by atoms with Gasteiger partial charge >= 0.3 is 0 Å². The van der Waals surface area contributed by atoms with E-state index in [0.717, 1.165) is 11.1 Å². The number of para-hydroxylation sites is 1. The third-order valence-corrected chi connectivity index (χ3v) is 4.29. The number of ether oxygens (including phenoxy) is 2. The maximum atomic E-state index is 12.6. The Morgan fingerprint density at radius 3 is 2.68 bits per heavy atom. The summed E-state index contributed by atoms with van der Waals surface area (Å²) in [5.74, 6) is 1.84. The predicted octanol–water partition coefficient (Wildman–Crippen LogP) is 4.65. The van der Waals surface area contributed by atoms with Crippen molar-refractivity contribution in [2.75, 3.05) is 7.11 Å². The molecule has 4 heteroatoms. The zero-order valence-electron chi connectivity index (χ0n) is 14.3. The first-order valence-corrected chi connectivity index (χ1v) is 8.11. The van der Waals surface area contributed by atoms with E-state index < -0.39 is 0 Å². The molecule has 4 rings (SSSR count). The van der Waals surface area contributed by atoms with Crippen molar-refractivity contribution in [2.24, 2.45) is 0 Å². The summed E-state index contributed by atoms with van der Waals surface area (Å²) in [5.41, 5.74) is 1.57. The van der Waals surface area contributed by atoms with Crippen LogP contribution in [0.3, 0.4) is 0 Å². The molecule has 0 saturated carbocycles. The van der Waals surface area contributed by atoms with Gasteiger partial charge in [-0.25, -0.2) is 0 Å². The number of rotatable bonds is 2. The molecule has 0 N–H and O–H groups in total. The molecule has 0 fully saturated rings. The molecule has 0 bridgehead atoms. The summed E-state index contributed by atoms with van der Waals surface area (Å²) in [6.45, 7) is 3.97. The fourth-order valence-electron chi connectivity index (χ4n) is 3.05. The predicted molar refractivity (Wildman–Crippen MR) is 98.2 cm³/mol. The SMILES string of the molecule is COc1ccccc1-c1cc(=O)c2ccc3c(c2o1)C=CC(C)(C)O3. The Bertz CT molecular complexity index is 1060. The number of methoxy groups -OCH3 is 1. The number of hydrogen-bond donors (Lipinski definition) is 0. The normalized spacial score (nSPS) is 14.8. The van der Waals surface area contributed by atoms with Crippen molar-refractivity contribution in [2.45, 2.75) is 19.4 Å². The summed E-state index contributed by atoms with van der Waals surface area (Å²) >= 11 is 0. The lowest BCUT2D eigenvalue weighted by Gasteiger charge is -2.28. The lowest BCUT2D eigenvalue weighted by atomic mass is 10.00. The molecule has 0 radical (unpaired) electrons. The first kappa shape index (κ1) is 15.5. The van der Waals surface area contributed by atoms with Crippen LogP contribution in [0.15, 0.2) is 57.8 Å². The van der Waals surface area contributed by atoms with Crippen molar-refractivity contribution >= 4 is 17.0 Å². The highest BCUT2D eigenvalue weighted by Crippen LogP contribution is 2.37. The van der Waals surface area contributed by atoms with E-state index in [9.17, 15) is 4.79 Å². The molecule has 3 aromatic rings. The van der Waals surface area contributed by atoms with Crippen LogP contribution in [0.1, 0.15) is 19.4 Å². The van der Waals surface area contributed by atoms with Crippen LogP contribution in [0.2, 0.25) is 0 Å². The zero-order valence-corrected chi connectivity index (χ0v) is 14.3. The minimum Gasteiger partial charge on any atom is -0.496 e. The average Bonchev–Trinajstić information content (AvgIpc) is 2.60. The van der Waals surface area contributed by atoms with Gasteiger partial charge in [-0.3, -0.25) is 4.79 Å². The lowest BCUT2D eigenvalue weighted by molar-refractivity contribution is 0.159. The summed E-state index contributed by atoms with van der Waals surface area (Å²) in [7, 11) is 1.60. The van der Waals surface area contributed by atoms with Crippen molar-refractivity contribution in [3.63, 3.8) is 0 Å². The standard InChI is InChI=1S/C21H18O4/c1-21(2)11-10-15-18(25-21)9-8-13-16(22)12-19(24-20(13)15)14-6-4-5-7-17(14)23-3/h4-12H,1-3H3. The zero-order chi connectivity index (χ0) is 17.6.